The van der Waals surface area contributed by atoms with Crippen molar-refractivity contribution in [1.82, 2.24) is 25.1 Å². The van der Waals surface area contributed by atoms with Crippen molar-refractivity contribution in [3.63, 3.8) is 0 Å². The fourth-order valence-corrected chi connectivity index (χ4v) is 1.60. The fraction of sp³-hybridized carbons (Fsp3) is 0.0833. The summed E-state index contributed by atoms with van der Waals surface area (Å²) in [6.07, 6.45) is 3.21. The first-order chi connectivity index (χ1) is 9.26. The lowest BCUT2D eigenvalue weighted by molar-refractivity contribution is 0.431. The maximum Gasteiger partial charge on any atom is 0.274 e. The van der Waals surface area contributed by atoms with E-state index in [2.05, 4.69) is 25.1 Å². The Morgan fingerprint density at radius 3 is 3.00 bits per heavy atom. The number of hydrogen-bond acceptors (Lipinski definition) is 6. The number of H-pyrrole nitrogens is 1. The van der Waals surface area contributed by atoms with Crippen LogP contribution < -0.4 is 0 Å². The predicted octanol–water partition coefficient (Wildman–Crippen LogP) is 1.70. The predicted molar refractivity (Wildman–Crippen MR) is 64.6 cm³/mol. The highest BCUT2D eigenvalue weighted by Crippen LogP contribution is 2.20. The molecule has 3 aromatic rings. The highest BCUT2D eigenvalue weighted by Gasteiger charge is 2.13. The van der Waals surface area contributed by atoms with E-state index >= 15 is 0 Å². The lowest BCUT2D eigenvalue weighted by Gasteiger charge is -1.93. The number of rotatable bonds is 2. The normalized spacial score (nSPS) is 10.3. The summed E-state index contributed by atoms with van der Waals surface area (Å²) < 4.78 is 5.14. The lowest BCUT2D eigenvalue weighted by atomic mass is 10.3. The molecule has 0 aliphatic heterocycles. The minimum absolute atomic E-state index is 0.313. The molecule has 7 heteroatoms. The second-order valence-electron chi connectivity index (χ2n) is 3.83. The van der Waals surface area contributed by atoms with Gasteiger partial charge in [-0.1, -0.05) is 5.16 Å². The molecule has 0 saturated heterocycles. The largest absolute Gasteiger partial charge is 0.356 e. The zero-order chi connectivity index (χ0) is 13.2. The summed E-state index contributed by atoms with van der Waals surface area (Å²) in [5.74, 6) is 1.33. The molecular formula is C12H8N6O. The van der Waals surface area contributed by atoms with Gasteiger partial charge >= 0.3 is 0 Å². The van der Waals surface area contributed by atoms with Gasteiger partial charge < -0.3 is 9.51 Å². The lowest BCUT2D eigenvalue weighted by Crippen LogP contribution is -1.91. The summed E-state index contributed by atoms with van der Waals surface area (Å²) in [5.41, 5.74) is 1.70. The van der Waals surface area contributed by atoms with E-state index in [-0.39, 0.29) is 0 Å². The van der Waals surface area contributed by atoms with Gasteiger partial charge in [0.1, 0.15) is 23.3 Å². The minimum atomic E-state index is 0.313. The summed E-state index contributed by atoms with van der Waals surface area (Å²) in [6.45, 7) is 1.79. The van der Waals surface area contributed by atoms with Crippen molar-refractivity contribution in [2.24, 2.45) is 0 Å². The summed E-state index contributed by atoms with van der Waals surface area (Å²) in [7, 11) is 0. The first-order valence-electron chi connectivity index (χ1n) is 5.49. The molecule has 1 N–H and O–H groups in total. The van der Waals surface area contributed by atoms with Crippen LogP contribution in [-0.4, -0.2) is 25.1 Å². The molecule has 0 amide bonds. The van der Waals surface area contributed by atoms with Crippen LogP contribution in [0.4, 0.5) is 0 Å². The van der Waals surface area contributed by atoms with Crippen LogP contribution in [0.3, 0.4) is 0 Å². The van der Waals surface area contributed by atoms with Crippen LogP contribution in [0.2, 0.25) is 0 Å². The molecule has 3 heterocycles. The van der Waals surface area contributed by atoms with Gasteiger partial charge in [0.25, 0.3) is 5.89 Å². The molecular weight excluding hydrogens is 244 g/mol. The minimum Gasteiger partial charge on any atom is -0.356 e. The van der Waals surface area contributed by atoms with Gasteiger partial charge in [-0.25, -0.2) is 9.97 Å². The molecule has 0 aliphatic carbocycles. The number of nitrogens with zero attached hydrogens (tertiary/aromatic N) is 5. The highest BCUT2D eigenvalue weighted by atomic mass is 16.5. The van der Waals surface area contributed by atoms with Crippen molar-refractivity contribution in [3.05, 3.63) is 35.9 Å². The van der Waals surface area contributed by atoms with Crippen LogP contribution >= 0.6 is 0 Å². The molecule has 3 aromatic heterocycles. The Kier molecular flexibility index (Phi) is 2.54. The Balaban J connectivity index is 1.97. The molecule has 0 aromatic carbocycles. The van der Waals surface area contributed by atoms with Crippen LogP contribution in [0.15, 0.2) is 29.0 Å². The summed E-state index contributed by atoms with van der Waals surface area (Å²) in [4.78, 5) is 15.3. The third-order valence-electron chi connectivity index (χ3n) is 2.47. The molecule has 0 unspecified atom stereocenters. The number of aromatic amines is 1. The molecule has 0 bridgehead atoms. The summed E-state index contributed by atoms with van der Waals surface area (Å²) in [5, 5.41) is 12.6. The standard InChI is InChI=1S/C12H8N6O/c1-7-14-3-2-9(16-7)11-17-12(19-18-11)10-4-8(5-13)6-15-10/h2-4,6,15H,1H3. The van der Waals surface area contributed by atoms with Crippen molar-refractivity contribution in [2.45, 2.75) is 6.92 Å². The van der Waals surface area contributed by atoms with E-state index in [1.54, 1.807) is 31.5 Å². The van der Waals surface area contributed by atoms with Crippen molar-refractivity contribution < 1.29 is 4.52 Å². The molecule has 0 saturated carbocycles. The molecule has 19 heavy (non-hydrogen) atoms. The van der Waals surface area contributed by atoms with E-state index in [1.807, 2.05) is 6.07 Å². The average molecular weight is 252 g/mol. The third-order valence-corrected chi connectivity index (χ3v) is 2.47. The fourth-order valence-electron chi connectivity index (χ4n) is 1.60. The second-order valence-corrected chi connectivity index (χ2v) is 3.83. The Labute approximate surface area is 108 Å². The Bertz CT molecular complexity index is 766. The topological polar surface area (TPSA) is 104 Å². The summed E-state index contributed by atoms with van der Waals surface area (Å²) >= 11 is 0. The van der Waals surface area contributed by atoms with Crippen LogP contribution in [0, 0.1) is 18.3 Å². The van der Waals surface area contributed by atoms with E-state index in [9.17, 15) is 0 Å². The van der Waals surface area contributed by atoms with Gasteiger partial charge in [-0.3, -0.25) is 0 Å². The molecule has 0 spiro atoms. The van der Waals surface area contributed by atoms with Crippen LogP contribution in [0.25, 0.3) is 23.1 Å². The first-order valence-corrected chi connectivity index (χ1v) is 5.49. The van der Waals surface area contributed by atoms with Gasteiger partial charge in [-0.05, 0) is 19.1 Å². The van der Waals surface area contributed by atoms with Crippen molar-refractivity contribution in [3.8, 4) is 29.2 Å². The number of aryl methyl sites for hydroxylation is 1. The van der Waals surface area contributed by atoms with E-state index in [4.69, 9.17) is 9.78 Å². The Morgan fingerprint density at radius 1 is 1.37 bits per heavy atom. The van der Waals surface area contributed by atoms with Gasteiger partial charge in [-0.15, -0.1) is 0 Å². The van der Waals surface area contributed by atoms with Crippen molar-refractivity contribution in [2.75, 3.05) is 0 Å². The average Bonchev–Trinajstić information content (AvgIpc) is 3.07. The first kappa shape index (κ1) is 11.1. The van der Waals surface area contributed by atoms with Crippen molar-refractivity contribution >= 4 is 0 Å². The monoisotopic (exact) mass is 252 g/mol. The molecule has 0 radical (unpaired) electrons. The number of aromatic nitrogens is 5. The zero-order valence-corrected chi connectivity index (χ0v) is 9.95. The van der Waals surface area contributed by atoms with Gasteiger partial charge in [0.05, 0.1) is 5.56 Å². The molecule has 7 nitrogen and oxygen atoms in total. The van der Waals surface area contributed by atoms with E-state index < -0.39 is 0 Å². The third kappa shape index (κ3) is 2.07. The molecule has 0 atom stereocenters. The quantitative estimate of drug-likeness (QED) is 0.744. The van der Waals surface area contributed by atoms with E-state index in [0.717, 1.165) is 0 Å². The van der Waals surface area contributed by atoms with E-state index in [1.165, 1.54) is 0 Å². The number of nitrogens with one attached hydrogen (secondary N) is 1. The Morgan fingerprint density at radius 2 is 2.26 bits per heavy atom. The zero-order valence-electron chi connectivity index (χ0n) is 9.95. The summed E-state index contributed by atoms with van der Waals surface area (Å²) in [6, 6.07) is 5.37. The van der Waals surface area contributed by atoms with Gasteiger partial charge in [0, 0.05) is 12.4 Å². The molecule has 92 valence electrons. The second kappa shape index (κ2) is 4.34. The number of nitriles is 1. The smallest absolute Gasteiger partial charge is 0.274 e. The van der Waals surface area contributed by atoms with Crippen LogP contribution in [0.1, 0.15) is 11.4 Å². The maximum atomic E-state index is 8.76. The molecule has 0 fully saturated rings. The SMILES string of the molecule is Cc1nccc(-c2noc(-c3cc(C#N)c[nH]3)n2)n1. The van der Waals surface area contributed by atoms with Crippen LogP contribution in [0.5, 0.6) is 0 Å². The van der Waals surface area contributed by atoms with Crippen molar-refractivity contribution in [1.29, 1.82) is 5.26 Å². The van der Waals surface area contributed by atoms with Gasteiger partial charge in [0.15, 0.2) is 0 Å². The number of hydrogen-bond donors (Lipinski definition) is 1. The van der Waals surface area contributed by atoms with Gasteiger partial charge in [-0.2, -0.15) is 10.2 Å². The highest BCUT2D eigenvalue weighted by molar-refractivity contribution is 5.56. The molecule has 0 aliphatic rings. The Hall–Kier alpha value is -3.01. The van der Waals surface area contributed by atoms with Gasteiger partial charge in [0.2, 0.25) is 5.82 Å². The van der Waals surface area contributed by atoms with E-state index in [0.29, 0.717) is 34.5 Å². The maximum absolute atomic E-state index is 8.76. The molecule has 3 rings (SSSR count). The van der Waals surface area contributed by atoms with Crippen LogP contribution in [-0.2, 0) is 0 Å².